The van der Waals surface area contributed by atoms with E-state index in [1.165, 1.54) is 0 Å². The lowest BCUT2D eigenvalue weighted by atomic mass is 9.84. The molecule has 0 aromatic heterocycles. The van der Waals surface area contributed by atoms with Gasteiger partial charge in [0.25, 0.3) is 5.91 Å². The number of likely N-dealkylation sites (N-methyl/N-ethyl adjacent to an activating group) is 1. The Labute approximate surface area is 131 Å². The second-order valence-corrected chi connectivity index (χ2v) is 6.70. The number of rotatable bonds is 3. The van der Waals surface area contributed by atoms with Gasteiger partial charge in [-0.15, -0.1) is 0 Å². The monoisotopic (exact) mass is 310 g/mol. The molecule has 2 heterocycles. The Kier molecular flexibility index (Phi) is 4.68. The quantitative estimate of drug-likeness (QED) is 0.840. The molecule has 4 unspecified atom stereocenters. The molecule has 0 radical (unpaired) electrons. The Hall–Kier alpha value is -1.14. The summed E-state index contributed by atoms with van der Waals surface area (Å²) in [5.41, 5.74) is 0. The van der Waals surface area contributed by atoms with Gasteiger partial charge in [-0.1, -0.05) is 19.8 Å². The average Bonchev–Trinajstić information content (AvgIpc) is 2.94. The van der Waals surface area contributed by atoms with E-state index in [-0.39, 0.29) is 11.9 Å². The zero-order chi connectivity index (χ0) is 15.7. The van der Waals surface area contributed by atoms with Gasteiger partial charge in [0.15, 0.2) is 0 Å². The standard InChI is InChI=1S/C16H26N2O4/c1-2-17-7-8-22-14(10-17)15(19)18-12-6-4-3-5-11(12)9-13(18)16(20)21/h11-14H,2-10H2,1H3,(H,20,21). The molecule has 2 saturated heterocycles. The SMILES string of the molecule is CCN1CCOC(C(=O)N2C(C(=O)O)CC3CCCCC32)C1. The molecule has 22 heavy (non-hydrogen) atoms. The molecule has 0 aromatic rings. The Balaban J connectivity index is 1.77. The molecule has 6 nitrogen and oxygen atoms in total. The Morgan fingerprint density at radius 2 is 2.05 bits per heavy atom. The van der Waals surface area contributed by atoms with E-state index in [1.807, 2.05) is 0 Å². The summed E-state index contributed by atoms with van der Waals surface area (Å²) in [6.45, 7) is 4.93. The number of morpholine rings is 1. The smallest absolute Gasteiger partial charge is 0.326 e. The first-order valence-electron chi connectivity index (χ1n) is 8.50. The number of carbonyl (C=O) groups is 2. The highest BCUT2D eigenvalue weighted by Crippen LogP contribution is 2.40. The van der Waals surface area contributed by atoms with Crippen molar-refractivity contribution in [2.45, 2.75) is 57.2 Å². The number of nitrogens with zero attached hydrogens (tertiary/aromatic N) is 2. The molecule has 1 amide bonds. The van der Waals surface area contributed by atoms with Crippen molar-refractivity contribution in [3.63, 3.8) is 0 Å². The highest BCUT2D eigenvalue weighted by molar-refractivity contribution is 5.87. The van der Waals surface area contributed by atoms with E-state index in [4.69, 9.17) is 4.74 Å². The number of likely N-dealkylation sites (tertiary alicyclic amines) is 1. The zero-order valence-electron chi connectivity index (χ0n) is 13.2. The van der Waals surface area contributed by atoms with Gasteiger partial charge < -0.3 is 14.7 Å². The molecule has 0 aromatic carbocycles. The minimum Gasteiger partial charge on any atom is -0.480 e. The number of carbonyl (C=O) groups excluding carboxylic acids is 1. The molecule has 4 atom stereocenters. The van der Waals surface area contributed by atoms with Crippen LogP contribution < -0.4 is 0 Å². The van der Waals surface area contributed by atoms with Crippen LogP contribution in [0.15, 0.2) is 0 Å². The van der Waals surface area contributed by atoms with Gasteiger partial charge in [-0.3, -0.25) is 9.69 Å². The molecular formula is C16H26N2O4. The highest BCUT2D eigenvalue weighted by Gasteiger charge is 2.49. The molecule has 0 bridgehead atoms. The number of ether oxygens (including phenoxy) is 1. The summed E-state index contributed by atoms with van der Waals surface area (Å²) in [4.78, 5) is 28.4. The van der Waals surface area contributed by atoms with Crippen LogP contribution in [0, 0.1) is 5.92 Å². The molecule has 6 heteroatoms. The summed E-state index contributed by atoms with van der Waals surface area (Å²) in [7, 11) is 0. The molecule has 1 aliphatic carbocycles. The summed E-state index contributed by atoms with van der Waals surface area (Å²) in [5, 5.41) is 9.53. The van der Waals surface area contributed by atoms with Crippen molar-refractivity contribution >= 4 is 11.9 Å². The molecule has 3 rings (SSSR count). The third kappa shape index (κ3) is 2.86. The summed E-state index contributed by atoms with van der Waals surface area (Å²) >= 11 is 0. The third-order valence-electron chi connectivity index (χ3n) is 5.50. The van der Waals surface area contributed by atoms with E-state index in [1.54, 1.807) is 4.90 Å². The van der Waals surface area contributed by atoms with Gasteiger partial charge in [0.05, 0.1) is 6.61 Å². The summed E-state index contributed by atoms with van der Waals surface area (Å²) in [6.07, 6.45) is 4.32. The summed E-state index contributed by atoms with van der Waals surface area (Å²) in [6, 6.07) is -0.566. The van der Waals surface area contributed by atoms with Gasteiger partial charge in [0.2, 0.25) is 0 Å². The van der Waals surface area contributed by atoms with Gasteiger partial charge in [0, 0.05) is 19.1 Å². The predicted octanol–water partition coefficient (Wildman–Crippen LogP) is 0.951. The zero-order valence-corrected chi connectivity index (χ0v) is 13.2. The third-order valence-corrected chi connectivity index (χ3v) is 5.50. The highest BCUT2D eigenvalue weighted by atomic mass is 16.5. The van der Waals surface area contributed by atoms with E-state index in [0.29, 0.717) is 25.5 Å². The van der Waals surface area contributed by atoms with Crippen molar-refractivity contribution in [3.8, 4) is 0 Å². The lowest BCUT2D eigenvalue weighted by molar-refractivity contribution is -0.159. The first-order valence-corrected chi connectivity index (χ1v) is 8.50. The van der Waals surface area contributed by atoms with Crippen LogP contribution in [-0.2, 0) is 14.3 Å². The van der Waals surface area contributed by atoms with Crippen molar-refractivity contribution in [2.75, 3.05) is 26.2 Å². The van der Waals surface area contributed by atoms with Crippen LogP contribution in [0.3, 0.4) is 0 Å². The molecule has 3 fully saturated rings. The van der Waals surface area contributed by atoms with Crippen molar-refractivity contribution in [3.05, 3.63) is 0 Å². The first kappa shape index (κ1) is 15.7. The molecule has 124 valence electrons. The number of hydrogen-bond donors (Lipinski definition) is 1. The maximum Gasteiger partial charge on any atom is 0.326 e. The van der Waals surface area contributed by atoms with Crippen molar-refractivity contribution < 1.29 is 19.4 Å². The van der Waals surface area contributed by atoms with Crippen molar-refractivity contribution in [2.24, 2.45) is 5.92 Å². The van der Waals surface area contributed by atoms with Gasteiger partial charge in [-0.05, 0) is 31.7 Å². The number of hydrogen-bond acceptors (Lipinski definition) is 4. The number of amides is 1. The van der Waals surface area contributed by atoms with E-state index in [0.717, 1.165) is 38.8 Å². The Bertz CT molecular complexity index is 442. The molecule has 0 spiro atoms. The lowest BCUT2D eigenvalue weighted by Gasteiger charge is -2.38. The van der Waals surface area contributed by atoms with Crippen LogP contribution in [0.25, 0.3) is 0 Å². The maximum absolute atomic E-state index is 12.9. The lowest BCUT2D eigenvalue weighted by Crippen LogP contribution is -2.55. The predicted molar refractivity (Wildman–Crippen MR) is 80.5 cm³/mol. The van der Waals surface area contributed by atoms with Crippen LogP contribution >= 0.6 is 0 Å². The maximum atomic E-state index is 12.9. The number of carboxylic acids is 1. The molecular weight excluding hydrogens is 284 g/mol. The molecule has 1 N–H and O–H groups in total. The van der Waals surface area contributed by atoms with E-state index in [2.05, 4.69) is 11.8 Å². The molecule has 1 saturated carbocycles. The van der Waals surface area contributed by atoms with E-state index in [9.17, 15) is 14.7 Å². The summed E-state index contributed by atoms with van der Waals surface area (Å²) < 4.78 is 5.67. The minimum atomic E-state index is -0.870. The normalized spacial score (nSPS) is 36.1. The van der Waals surface area contributed by atoms with Gasteiger partial charge in [0.1, 0.15) is 12.1 Å². The van der Waals surface area contributed by atoms with Crippen LogP contribution in [-0.4, -0.2) is 71.2 Å². The minimum absolute atomic E-state index is 0.1000. The topological polar surface area (TPSA) is 70.1 Å². The van der Waals surface area contributed by atoms with Crippen molar-refractivity contribution in [1.82, 2.24) is 9.80 Å². The number of fused-ring (bicyclic) bond motifs is 1. The molecule has 2 aliphatic heterocycles. The summed E-state index contributed by atoms with van der Waals surface area (Å²) in [5.74, 6) is -0.629. The average molecular weight is 310 g/mol. The van der Waals surface area contributed by atoms with Crippen LogP contribution in [0.2, 0.25) is 0 Å². The largest absolute Gasteiger partial charge is 0.480 e. The fraction of sp³-hybridized carbons (Fsp3) is 0.875. The van der Waals surface area contributed by atoms with Crippen molar-refractivity contribution in [1.29, 1.82) is 0 Å². The number of carboxylic acid groups (broad SMARTS) is 1. The Morgan fingerprint density at radius 1 is 1.27 bits per heavy atom. The fourth-order valence-corrected chi connectivity index (χ4v) is 4.30. The van der Waals surface area contributed by atoms with Crippen LogP contribution in [0.4, 0.5) is 0 Å². The van der Waals surface area contributed by atoms with Gasteiger partial charge in [-0.2, -0.15) is 0 Å². The van der Waals surface area contributed by atoms with Gasteiger partial charge in [-0.25, -0.2) is 4.79 Å². The second kappa shape index (κ2) is 6.54. The second-order valence-electron chi connectivity index (χ2n) is 6.70. The van der Waals surface area contributed by atoms with Gasteiger partial charge >= 0.3 is 5.97 Å². The van der Waals surface area contributed by atoms with Crippen LogP contribution in [0.5, 0.6) is 0 Å². The van der Waals surface area contributed by atoms with Crippen LogP contribution in [0.1, 0.15) is 39.0 Å². The first-order chi connectivity index (χ1) is 10.6. The fourth-order valence-electron chi connectivity index (χ4n) is 4.30. The van der Waals surface area contributed by atoms with E-state index < -0.39 is 18.1 Å². The van der Waals surface area contributed by atoms with E-state index >= 15 is 0 Å². The molecule has 3 aliphatic rings. The number of aliphatic carboxylic acids is 1. The Morgan fingerprint density at radius 3 is 2.77 bits per heavy atom.